The van der Waals surface area contributed by atoms with Crippen molar-refractivity contribution in [3.8, 4) is 0 Å². The lowest BCUT2D eigenvalue weighted by Crippen LogP contribution is -2.58. The summed E-state index contributed by atoms with van der Waals surface area (Å²) in [5, 5.41) is 30.8. The van der Waals surface area contributed by atoms with E-state index in [0.717, 1.165) is 38.5 Å². The molecule has 0 radical (unpaired) electrons. The Labute approximate surface area is 170 Å². The zero-order chi connectivity index (χ0) is 20.3. The van der Waals surface area contributed by atoms with Gasteiger partial charge in [-0.05, 0) is 104 Å². The molecule has 0 amide bonds. The molecular formula is C24H40O4. The van der Waals surface area contributed by atoms with E-state index in [1.54, 1.807) is 0 Å². The topological polar surface area (TPSA) is 77.8 Å². The van der Waals surface area contributed by atoms with Crippen molar-refractivity contribution in [2.45, 2.75) is 97.2 Å². The second-order valence-electron chi connectivity index (χ2n) is 11.3. The van der Waals surface area contributed by atoms with Crippen LogP contribution in [0.5, 0.6) is 0 Å². The average Bonchev–Trinajstić information content (AvgIpc) is 3.00. The Hall–Kier alpha value is -0.610. The molecule has 28 heavy (non-hydrogen) atoms. The molecule has 4 fully saturated rings. The molecule has 4 saturated carbocycles. The van der Waals surface area contributed by atoms with Gasteiger partial charge in [0.15, 0.2) is 0 Å². The summed E-state index contributed by atoms with van der Waals surface area (Å²) in [5.41, 5.74) is 0.216. The van der Waals surface area contributed by atoms with Gasteiger partial charge in [-0.2, -0.15) is 0 Å². The maximum Gasteiger partial charge on any atom is 0.303 e. The number of hydrogen-bond acceptors (Lipinski definition) is 3. The highest BCUT2D eigenvalue weighted by Gasteiger charge is 2.63. The van der Waals surface area contributed by atoms with E-state index < -0.39 is 5.97 Å². The Morgan fingerprint density at radius 2 is 1.79 bits per heavy atom. The van der Waals surface area contributed by atoms with Crippen molar-refractivity contribution in [1.82, 2.24) is 0 Å². The van der Waals surface area contributed by atoms with Crippen molar-refractivity contribution in [1.29, 1.82) is 0 Å². The second kappa shape index (κ2) is 7.27. The maximum atomic E-state index is 11.5. The number of aliphatic hydroxyl groups is 2. The lowest BCUT2D eigenvalue weighted by Gasteiger charge is -2.62. The first kappa shape index (κ1) is 20.7. The molecule has 0 bridgehead atoms. The SMILES string of the molecule is CC(CCC(=O)O)[C@@H]1CC[C@H]2[C@@H]3CC[C@H]4CC(O)CC[C@]4(C)[C@@H]3CC(O)[C@]12C. The normalized spacial score (nSPS) is 51.7. The van der Waals surface area contributed by atoms with Crippen LogP contribution in [0.25, 0.3) is 0 Å². The molecule has 3 unspecified atom stereocenters. The van der Waals surface area contributed by atoms with Crippen LogP contribution < -0.4 is 0 Å². The number of aliphatic hydroxyl groups excluding tert-OH is 2. The fourth-order valence-corrected chi connectivity index (χ4v) is 8.71. The number of hydrogen-bond donors (Lipinski definition) is 3. The van der Waals surface area contributed by atoms with Crippen molar-refractivity contribution >= 4 is 5.97 Å². The summed E-state index contributed by atoms with van der Waals surface area (Å²) >= 11 is 0. The van der Waals surface area contributed by atoms with E-state index in [0.29, 0.717) is 35.5 Å². The third-order valence-corrected chi connectivity index (χ3v) is 10.3. The van der Waals surface area contributed by atoms with Gasteiger partial charge in [0.25, 0.3) is 0 Å². The Balaban J connectivity index is 1.56. The molecule has 160 valence electrons. The van der Waals surface area contributed by atoms with E-state index >= 15 is 0 Å². The molecule has 4 aliphatic carbocycles. The van der Waals surface area contributed by atoms with Gasteiger partial charge in [-0.3, -0.25) is 4.79 Å². The van der Waals surface area contributed by atoms with E-state index in [1.807, 2.05) is 0 Å². The van der Waals surface area contributed by atoms with Crippen LogP contribution in [0.15, 0.2) is 0 Å². The number of carboxylic acids is 1. The average molecular weight is 393 g/mol. The van der Waals surface area contributed by atoms with Gasteiger partial charge >= 0.3 is 5.97 Å². The van der Waals surface area contributed by atoms with Crippen molar-refractivity contribution in [2.75, 3.05) is 0 Å². The molecule has 4 aliphatic rings. The van der Waals surface area contributed by atoms with Crippen LogP contribution in [0, 0.1) is 46.3 Å². The molecule has 0 aliphatic heterocycles. The van der Waals surface area contributed by atoms with Crippen LogP contribution in [0.2, 0.25) is 0 Å². The minimum Gasteiger partial charge on any atom is -0.481 e. The molecule has 4 nitrogen and oxygen atoms in total. The van der Waals surface area contributed by atoms with Crippen LogP contribution in [-0.4, -0.2) is 33.5 Å². The van der Waals surface area contributed by atoms with Gasteiger partial charge < -0.3 is 15.3 Å². The summed E-state index contributed by atoms with van der Waals surface area (Å²) in [6.45, 7) is 6.99. The van der Waals surface area contributed by atoms with E-state index in [4.69, 9.17) is 5.11 Å². The summed E-state index contributed by atoms with van der Waals surface area (Å²) in [6, 6.07) is 0. The monoisotopic (exact) mass is 392 g/mol. The molecule has 0 heterocycles. The zero-order valence-electron chi connectivity index (χ0n) is 17.9. The highest BCUT2D eigenvalue weighted by Crippen LogP contribution is 2.68. The minimum atomic E-state index is -0.707. The van der Waals surface area contributed by atoms with E-state index in [2.05, 4.69) is 20.8 Å². The van der Waals surface area contributed by atoms with Gasteiger partial charge in [-0.1, -0.05) is 20.8 Å². The number of rotatable bonds is 4. The number of fused-ring (bicyclic) bond motifs is 5. The van der Waals surface area contributed by atoms with Crippen LogP contribution in [-0.2, 0) is 4.79 Å². The van der Waals surface area contributed by atoms with E-state index in [1.165, 1.54) is 19.3 Å². The molecule has 4 rings (SSSR count). The molecule has 0 aromatic rings. The van der Waals surface area contributed by atoms with Crippen LogP contribution in [0.1, 0.15) is 85.0 Å². The lowest BCUT2D eigenvalue weighted by atomic mass is 9.43. The predicted octanol–water partition coefficient (Wildman–Crippen LogP) is 4.48. The molecule has 3 N–H and O–H groups in total. The first-order chi connectivity index (χ1) is 13.2. The van der Waals surface area contributed by atoms with Crippen molar-refractivity contribution in [3.63, 3.8) is 0 Å². The largest absolute Gasteiger partial charge is 0.481 e. The Kier molecular flexibility index (Phi) is 5.36. The molecule has 0 aromatic carbocycles. The van der Waals surface area contributed by atoms with Crippen LogP contribution >= 0.6 is 0 Å². The van der Waals surface area contributed by atoms with E-state index in [9.17, 15) is 15.0 Å². The van der Waals surface area contributed by atoms with Gasteiger partial charge in [0.05, 0.1) is 12.2 Å². The standard InChI is InChI=1S/C24H40O4/c1-14(4-9-22(27)28)18-7-8-19-17-6-5-15-12-16(25)10-11-23(15,2)20(17)13-21(26)24(18,19)3/h14-21,25-26H,4-13H2,1-3H3,(H,27,28)/t14?,15-,16?,17-,18-,19-,20+,21?,23-,24+/m0/s1. The minimum absolute atomic E-state index is 0.0591. The summed E-state index contributed by atoms with van der Waals surface area (Å²) in [4.78, 5) is 11.1. The van der Waals surface area contributed by atoms with Crippen molar-refractivity contribution in [3.05, 3.63) is 0 Å². The zero-order valence-corrected chi connectivity index (χ0v) is 17.9. The van der Waals surface area contributed by atoms with Gasteiger partial charge in [0.2, 0.25) is 0 Å². The molecule has 0 saturated heterocycles. The van der Waals surface area contributed by atoms with Crippen molar-refractivity contribution < 1.29 is 20.1 Å². The summed E-state index contributed by atoms with van der Waals surface area (Å²) in [5.74, 6) is 2.55. The Morgan fingerprint density at radius 1 is 1.04 bits per heavy atom. The Morgan fingerprint density at radius 3 is 2.50 bits per heavy atom. The summed E-state index contributed by atoms with van der Waals surface area (Å²) < 4.78 is 0. The lowest BCUT2D eigenvalue weighted by molar-refractivity contribution is -0.175. The number of carbonyl (C=O) groups is 1. The van der Waals surface area contributed by atoms with Crippen LogP contribution in [0.3, 0.4) is 0 Å². The predicted molar refractivity (Wildman–Crippen MR) is 109 cm³/mol. The smallest absolute Gasteiger partial charge is 0.303 e. The summed E-state index contributed by atoms with van der Waals surface area (Å²) in [6.07, 6.45) is 9.26. The van der Waals surface area contributed by atoms with Crippen LogP contribution in [0.4, 0.5) is 0 Å². The highest BCUT2D eigenvalue weighted by molar-refractivity contribution is 5.66. The van der Waals surface area contributed by atoms with Crippen molar-refractivity contribution in [2.24, 2.45) is 46.3 Å². The van der Waals surface area contributed by atoms with Gasteiger partial charge in [0, 0.05) is 6.42 Å². The third kappa shape index (κ3) is 3.05. The fourth-order valence-electron chi connectivity index (χ4n) is 8.71. The summed E-state index contributed by atoms with van der Waals surface area (Å²) in [7, 11) is 0. The van der Waals surface area contributed by atoms with Gasteiger partial charge in [0.1, 0.15) is 0 Å². The highest BCUT2D eigenvalue weighted by atomic mass is 16.4. The maximum absolute atomic E-state index is 11.5. The molecule has 0 spiro atoms. The van der Waals surface area contributed by atoms with Gasteiger partial charge in [-0.25, -0.2) is 0 Å². The first-order valence-corrected chi connectivity index (χ1v) is 11.8. The molecule has 0 aromatic heterocycles. The number of carboxylic acid groups (broad SMARTS) is 1. The molecular weight excluding hydrogens is 352 g/mol. The Bertz CT molecular complexity index is 605. The number of aliphatic carboxylic acids is 1. The van der Waals surface area contributed by atoms with Gasteiger partial charge in [-0.15, -0.1) is 0 Å². The van der Waals surface area contributed by atoms with E-state index in [-0.39, 0.29) is 29.5 Å². The first-order valence-electron chi connectivity index (χ1n) is 11.8. The second-order valence-corrected chi connectivity index (χ2v) is 11.3. The third-order valence-electron chi connectivity index (χ3n) is 10.3. The molecule has 4 heteroatoms. The quantitative estimate of drug-likeness (QED) is 0.659. The molecule has 10 atom stereocenters. The fraction of sp³-hybridized carbons (Fsp3) is 0.958.